The topological polar surface area (TPSA) is 71.3 Å². The molecular weight excluding hydrogens is 395 g/mol. The molecule has 29 heavy (non-hydrogen) atoms. The van der Waals surface area contributed by atoms with Crippen LogP contribution in [0.25, 0.3) is 11.0 Å². The Labute approximate surface area is 173 Å². The van der Waals surface area contributed by atoms with Crippen molar-refractivity contribution < 1.29 is 13.6 Å². The molecule has 0 saturated carbocycles. The maximum Gasteiger partial charge on any atom is 0.336 e. The summed E-state index contributed by atoms with van der Waals surface area (Å²) in [5.74, 6) is -0.757. The number of hydrogen-bond acceptors (Lipinski definition) is 4. The minimum atomic E-state index is -0.557. The van der Waals surface area contributed by atoms with Crippen LogP contribution in [0.3, 0.4) is 0 Å². The molecule has 0 radical (unpaired) electrons. The first-order valence-electron chi connectivity index (χ1n) is 9.37. The zero-order chi connectivity index (χ0) is 19.7. The fraction of sp³-hybridized carbons (Fsp3) is 0.273. The molecule has 152 valence electrons. The number of aryl methyl sites for hydroxylation is 1. The number of carbonyl (C=O) groups is 1. The van der Waals surface area contributed by atoms with Gasteiger partial charge in [-0.3, -0.25) is 4.79 Å². The van der Waals surface area contributed by atoms with Crippen molar-refractivity contribution in [2.45, 2.75) is 25.7 Å². The molecule has 0 unspecified atom stereocenters. The monoisotopic (exact) mass is 416 g/mol. The van der Waals surface area contributed by atoms with Gasteiger partial charge in [-0.05, 0) is 74.2 Å². The van der Waals surface area contributed by atoms with E-state index in [1.807, 2.05) is 6.92 Å². The van der Waals surface area contributed by atoms with Crippen molar-refractivity contribution in [2.24, 2.45) is 0 Å². The van der Waals surface area contributed by atoms with E-state index in [1.165, 1.54) is 12.1 Å². The molecule has 1 amide bonds. The van der Waals surface area contributed by atoms with Gasteiger partial charge in [-0.15, -0.1) is 12.4 Å². The average Bonchev–Trinajstić information content (AvgIpc) is 2.68. The van der Waals surface area contributed by atoms with Crippen molar-refractivity contribution in [3.05, 3.63) is 75.4 Å². The van der Waals surface area contributed by atoms with Gasteiger partial charge >= 0.3 is 5.63 Å². The number of benzene rings is 2. The smallest absolute Gasteiger partial charge is 0.336 e. The highest BCUT2D eigenvalue weighted by Gasteiger charge is 2.19. The Morgan fingerprint density at radius 1 is 1.14 bits per heavy atom. The number of rotatable bonds is 3. The Morgan fingerprint density at radius 3 is 2.66 bits per heavy atom. The summed E-state index contributed by atoms with van der Waals surface area (Å²) >= 11 is 0. The van der Waals surface area contributed by atoms with Crippen LogP contribution in [0.4, 0.5) is 10.1 Å². The van der Waals surface area contributed by atoms with Crippen LogP contribution in [0, 0.1) is 12.7 Å². The minimum absolute atomic E-state index is 0. The molecule has 2 heterocycles. The fourth-order valence-electron chi connectivity index (χ4n) is 3.73. The number of nitrogens with one attached hydrogen (secondary N) is 2. The summed E-state index contributed by atoms with van der Waals surface area (Å²) in [7, 11) is 0. The van der Waals surface area contributed by atoms with Crippen LogP contribution in [0.15, 0.2) is 51.7 Å². The normalized spacial score (nSPS) is 14.4. The molecule has 2 aromatic carbocycles. The first-order chi connectivity index (χ1) is 13.5. The molecule has 2 N–H and O–H groups in total. The molecule has 0 aliphatic carbocycles. The number of piperidine rings is 1. The van der Waals surface area contributed by atoms with Crippen molar-refractivity contribution in [3.63, 3.8) is 0 Å². The molecule has 0 spiro atoms. The average molecular weight is 417 g/mol. The van der Waals surface area contributed by atoms with Crippen molar-refractivity contribution in [2.75, 3.05) is 18.4 Å². The molecule has 0 bridgehead atoms. The number of hydrogen-bond donors (Lipinski definition) is 2. The Hall–Kier alpha value is -2.70. The number of fused-ring (bicyclic) bond motifs is 1. The second kappa shape index (κ2) is 8.76. The molecule has 1 saturated heterocycles. The maximum absolute atomic E-state index is 14.3. The Balaban J connectivity index is 0.00000240. The molecule has 5 nitrogen and oxygen atoms in total. The number of amides is 1. The van der Waals surface area contributed by atoms with E-state index in [2.05, 4.69) is 10.6 Å². The van der Waals surface area contributed by atoms with Gasteiger partial charge in [-0.2, -0.15) is 0 Å². The highest BCUT2D eigenvalue weighted by atomic mass is 35.5. The fourth-order valence-corrected chi connectivity index (χ4v) is 3.73. The van der Waals surface area contributed by atoms with Gasteiger partial charge in [-0.1, -0.05) is 6.07 Å². The zero-order valence-electron chi connectivity index (χ0n) is 16.0. The summed E-state index contributed by atoms with van der Waals surface area (Å²) in [5.41, 5.74) is 2.17. The summed E-state index contributed by atoms with van der Waals surface area (Å²) in [6.45, 7) is 3.66. The second-order valence-electron chi connectivity index (χ2n) is 7.18. The summed E-state index contributed by atoms with van der Waals surface area (Å²) in [4.78, 5) is 24.3. The van der Waals surface area contributed by atoms with Gasteiger partial charge < -0.3 is 15.1 Å². The van der Waals surface area contributed by atoms with Crippen LogP contribution in [0.2, 0.25) is 0 Å². The van der Waals surface area contributed by atoms with Crippen molar-refractivity contribution in [1.29, 1.82) is 0 Å². The van der Waals surface area contributed by atoms with Gasteiger partial charge in [0.2, 0.25) is 0 Å². The summed E-state index contributed by atoms with van der Waals surface area (Å²) < 4.78 is 19.5. The van der Waals surface area contributed by atoms with Crippen LogP contribution in [0.1, 0.15) is 40.2 Å². The lowest BCUT2D eigenvalue weighted by Gasteiger charge is -2.23. The Morgan fingerprint density at radius 2 is 1.90 bits per heavy atom. The van der Waals surface area contributed by atoms with E-state index < -0.39 is 17.3 Å². The molecule has 7 heteroatoms. The quantitative estimate of drug-likeness (QED) is 0.621. The highest BCUT2D eigenvalue weighted by Crippen LogP contribution is 2.27. The number of halogens is 2. The SMILES string of the molecule is Cc1cc(=O)oc2cc(NC(=O)c3cc(C4CCNCC4)ccc3F)ccc12.Cl. The predicted octanol–water partition coefficient (Wildman–Crippen LogP) is 4.38. The van der Waals surface area contributed by atoms with Crippen LogP contribution < -0.4 is 16.3 Å². The minimum Gasteiger partial charge on any atom is -0.423 e. The lowest BCUT2D eigenvalue weighted by Crippen LogP contribution is -2.26. The van der Waals surface area contributed by atoms with E-state index in [0.717, 1.165) is 42.4 Å². The number of anilines is 1. The third kappa shape index (κ3) is 4.49. The van der Waals surface area contributed by atoms with Gasteiger partial charge in [0.15, 0.2) is 0 Å². The molecule has 0 atom stereocenters. The van der Waals surface area contributed by atoms with Crippen LogP contribution in [-0.2, 0) is 0 Å². The van der Waals surface area contributed by atoms with E-state index in [-0.39, 0.29) is 18.0 Å². The van der Waals surface area contributed by atoms with E-state index >= 15 is 0 Å². The third-order valence-corrected chi connectivity index (χ3v) is 5.25. The van der Waals surface area contributed by atoms with Gasteiger partial charge in [0.25, 0.3) is 5.91 Å². The van der Waals surface area contributed by atoms with Gasteiger partial charge in [0.1, 0.15) is 11.4 Å². The molecule has 1 aromatic heterocycles. The van der Waals surface area contributed by atoms with Crippen LogP contribution in [0.5, 0.6) is 0 Å². The maximum atomic E-state index is 14.3. The van der Waals surface area contributed by atoms with Crippen LogP contribution >= 0.6 is 12.4 Å². The summed E-state index contributed by atoms with van der Waals surface area (Å²) in [6.07, 6.45) is 1.94. The summed E-state index contributed by atoms with van der Waals surface area (Å²) in [5, 5.41) is 6.80. The van der Waals surface area contributed by atoms with E-state index in [4.69, 9.17) is 4.42 Å². The Kier molecular flexibility index (Phi) is 6.35. The van der Waals surface area contributed by atoms with E-state index in [1.54, 1.807) is 30.3 Å². The Bertz CT molecular complexity index is 1110. The summed E-state index contributed by atoms with van der Waals surface area (Å²) in [6, 6.07) is 11.2. The molecule has 1 aliphatic rings. The number of carbonyl (C=O) groups excluding carboxylic acids is 1. The van der Waals surface area contributed by atoms with Gasteiger partial charge in [0, 0.05) is 23.2 Å². The molecule has 1 fully saturated rings. The zero-order valence-corrected chi connectivity index (χ0v) is 16.8. The van der Waals surface area contributed by atoms with Gasteiger partial charge in [-0.25, -0.2) is 9.18 Å². The lowest BCUT2D eigenvalue weighted by molar-refractivity contribution is 0.102. The van der Waals surface area contributed by atoms with Crippen molar-refractivity contribution in [3.8, 4) is 0 Å². The molecule has 4 rings (SSSR count). The standard InChI is InChI=1S/C22H21FN2O3.ClH/c1-13-10-21(26)28-20-12-16(3-4-17(13)20)25-22(27)18-11-15(2-5-19(18)23)14-6-8-24-9-7-14;/h2-5,10-12,14,24H,6-9H2,1H3,(H,25,27);1H. The first kappa shape index (κ1) is 21.0. The largest absolute Gasteiger partial charge is 0.423 e. The van der Waals surface area contributed by atoms with Crippen molar-refractivity contribution >= 4 is 35.0 Å². The first-order valence-corrected chi connectivity index (χ1v) is 9.37. The van der Waals surface area contributed by atoms with E-state index in [0.29, 0.717) is 17.2 Å². The van der Waals surface area contributed by atoms with Gasteiger partial charge in [0.05, 0.1) is 5.56 Å². The molecular formula is C22H22ClFN2O3. The lowest BCUT2D eigenvalue weighted by atomic mass is 9.89. The highest BCUT2D eigenvalue weighted by molar-refractivity contribution is 6.05. The van der Waals surface area contributed by atoms with E-state index in [9.17, 15) is 14.0 Å². The predicted molar refractivity (Wildman–Crippen MR) is 114 cm³/mol. The second-order valence-corrected chi connectivity index (χ2v) is 7.18. The van der Waals surface area contributed by atoms with Crippen molar-refractivity contribution in [1.82, 2.24) is 5.32 Å². The molecule has 3 aromatic rings. The third-order valence-electron chi connectivity index (χ3n) is 5.25. The molecule has 1 aliphatic heterocycles. The van der Waals surface area contributed by atoms with Crippen LogP contribution in [-0.4, -0.2) is 19.0 Å².